The molecule has 2 N–H and O–H groups in total. The van der Waals surface area contributed by atoms with Crippen LogP contribution in [-0.2, 0) is 25.7 Å². The van der Waals surface area contributed by atoms with Crippen LogP contribution >= 0.6 is 0 Å². The Kier molecular flexibility index (Phi) is 9.19. The maximum atomic E-state index is 12.1. The molecule has 1 aromatic carbocycles. The summed E-state index contributed by atoms with van der Waals surface area (Å²) in [7, 11) is 0. The number of hydrogen-bond acceptors (Lipinski definition) is 4. The molecule has 1 rings (SSSR count). The van der Waals surface area contributed by atoms with Crippen molar-refractivity contribution in [2.45, 2.75) is 52.2 Å². The molecule has 0 fully saturated rings. The maximum absolute atomic E-state index is 12.1. The lowest BCUT2D eigenvalue weighted by atomic mass is 10.1. The molecule has 6 nitrogen and oxygen atoms in total. The molecule has 0 saturated carbocycles. The van der Waals surface area contributed by atoms with E-state index in [1.54, 1.807) is 0 Å². The summed E-state index contributed by atoms with van der Waals surface area (Å²) in [6.45, 7) is 4.14. The van der Waals surface area contributed by atoms with E-state index in [-0.39, 0.29) is 31.3 Å². The van der Waals surface area contributed by atoms with Gasteiger partial charge in [-0.05, 0) is 18.4 Å². The highest BCUT2D eigenvalue weighted by molar-refractivity contribution is 5.87. The second-order valence-corrected chi connectivity index (χ2v) is 5.58. The number of esters is 1. The van der Waals surface area contributed by atoms with Crippen molar-refractivity contribution in [1.82, 2.24) is 10.6 Å². The van der Waals surface area contributed by atoms with Crippen LogP contribution in [0.15, 0.2) is 30.3 Å². The number of unbranched alkanes of at least 4 members (excludes halogenated alkanes) is 1. The largest absolute Gasteiger partial charge is 0.461 e. The van der Waals surface area contributed by atoms with Crippen molar-refractivity contribution in [1.29, 1.82) is 0 Å². The van der Waals surface area contributed by atoms with Gasteiger partial charge < -0.3 is 15.4 Å². The zero-order chi connectivity index (χ0) is 17.8. The first-order valence-electron chi connectivity index (χ1n) is 8.27. The predicted molar refractivity (Wildman–Crippen MR) is 91.0 cm³/mol. The van der Waals surface area contributed by atoms with E-state index in [4.69, 9.17) is 4.74 Å². The lowest BCUT2D eigenvalue weighted by Crippen LogP contribution is -2.46. The fourth-order valence-electron chi connectivity index (χ4n) is 2.10. The third-order valence-electron chi connectivity index (χ3n) is 3.40. The van der Waals surface area contributed by atoms with E-state index in [0.29, 0.717) is 6.54 Å². The molecular weight excluding hydrogens is 308 g/mol. The Morgan fingerprint density at radius 3 is 2.50 bits per heavy atom. The minimum atomic E-state index is -0.719. The first kappa shape index (κ1) is 19.7. The molecule has 2 amide bonds. The van der Waals surface area contributed by atoms with Gasteiger partial charge in [-0.1, -0.05) is 43.7 Å². The van der Waals surface area contributed by atoms with Gasteiger partial charge in [0.25, 0.3) is 0 Å². The number of hydrogen-bond donors (Lipinski definition) is 2. The van der Waals surface area contributed by atoms with Crippen LogP contribution < -0.4 is 10.6 Å². The minimum absolute atomic E-state index is 0.0684. The first-order chi connectivity index (χ1) is 11.5. The van der Waals surface area contributed by atoms with Crippen LogP contribution in [-0.4, -0.2) is 30.4 Å². The van der Waals surface area contributed by atoms with Gasteiger partial charge in [0.1, 0.15) is 12.6 Å². The molecule has 0 aliphatic heterocycles. The second-order valence-electron chi connectivity index (χ2n) is 5.58. The van der Waals surface area contributed by atoms with Crippen LogP contribution in [0.4, 0.5) is 0 Å². The molecular formula is C18H26N2O4. The lowest BCUT2D eigenvalue weighted by Gasteiger charge is -2.17. The Hall–Kier alpha value is -2.37. The fraction of sp³-hybridized carbons (Fsp3) is 0.500. The van der Waals surface area contributed by atoms with Crippen molar-refractivity contribution in [3.8, 4) is 0 Å². The van der Waals surface area contributed by atoms with E-state index < -0.39 is 12.0 Å². The summed E-state index contributed by atoms with van der Waals surface area (Å²) in [6, 6.07) is 8.65. The molecule has 0 radical (unpaired) electrons. The van der Waals surface area contributed by atoms with E-state index in [1.807, 2.05) is 37.3 Å². The van der Waals surface area contributed by atoms with E-state index >= 15 is 0 Å². The number of amides is 2. The van der Waals surface area contributed by atoms with Gasteiger partial charge in [-0.3, -0.25) is 14.4 Å². The zero-order valence-corrected chi connectivity index (χ0v) is 14.3. The summed E-state index contributed by atoms with van der Waals surface area (Å²) in [4.78, 5) is 35.1. The van der Waals surface area contributed by atoms with Crippen LogP contribution in [0.2, 0.25) is 0 Å². The van der Waals surface area contributed by atoms with Crippen molar-refractivity contribution in [3.63, 3.8) is 0 Å². The Labute approximate surface area is 143 Å². The molecule has 0 aliphatic rings. The number of benzene rings is 1. The smallest absolute Gasteiger partial charge is 0.306 e. The summed E-state index contributed by atoms with van der Waals surface area (Å²) in [5.41, 5.74) is 0.904. The molecule has 0 aliphatic carbocycles. The lowest BCUT2D eigenvalue weighted by molar-refractivity contribution is -0.145. The molecule has 0 saturated heterocycles. The van der Waals surface area contributed by atoms with Gasteiger partial charge in [-0.15, -0.1) is 0 Å². The molecule has 0 unspecified atom stereocenters. The van der Waals surface area contributed by atoms with Crippen molar-refractivity contribution in [2.24, 2.45) is 0 Å². The standard InChI is InChI=1S/C18H26N2O4/c1-3-4-12-19-18(23)16(20-14(2)21)10-11-17(22)24-13-15-8-6-5-7-9-15/h5-9,16H,3-4,10-13H2,1-2H3,(H,19,23)(H,20,21)/t16-/m0/s1. The summed E-state index contributed by atoms with van der Waals surface area (Å²) >= 11 is 0. The summed E-state index contributed by atoms with van der Waals surface area (Å²) in [5.74, 6) is -0.964. The van der Waals surface area contributed by atoms with E-state index in [1.165, 1.54) is 6.92 Å². The van der Waals surface area contributed by atoms with Crippen LogP contribution in [0.5, 0.6) is 0 Å². The highest BCUT2D eigenvalue weighted by Gasteiger charge is 2.20. The van der Waals surface area contributed by atoms with Crippen LogP contribution in [0.25, 0.3) is 0 Å². The maximum Gasteiger partial charge on any atom is 0.306 e. The molecule has 24 heavy (non-hydrogen) atoms. The molecule has 0 aromatic heterocycles. The number of ether oxygens (including phenoxy) is 1. The molecule has 0 spiro atoms. The average molecular weight is 334 g/mol. The van der Waals surface area contributed by atoms with E-state index in [2.05, 4.69) is 10.6 Å². The Morgan fingerprint density at radius 1 is 1.17 bits per heavy atom. The fourth-order valence-corrected chi connectivity index (χ4v) is 2.10. The Balaban J connectivity index is 2.40. The summed E-state index contributed by atoms with van der Waals surface area (Å²) in [5, 5.41) is 5.34. The predicted octanol–water partition coefficient (Wildman–Crippen LogP) is 1.93. The van der Waals surface area contributed by atoms with Gasteiger partial charge in [-0.25, -0.2) is 0 Å². The Morgan fingerprint density at radius 2 is 1.88 bits per heavy atom. The third kappa shape index (κ3) is 8.31. The molecule has 6 heteroatoms. The highest BCUT2D eigenvalue weighted by Crippen LogP contribution is 2.05. The monoisotopic (exact) mass is 334 g/mol. The van der Waals surface area contributed by atoms with E-state index in [0.717, 1.165) is 18.4 Å². The minimum Gasteiger partial charge on any atom is -0.461 e. The zero-order valence-electron chi connectivity index (χ0n) is 14.3. The van der Waals surface area contributed by atoms with E-state index in [9.17, 15) is 14.4 Å². The van der Waals surface area contributed by atoms with Gasteiger partial charge in [0.2, 0.25) is 11.8 Å². The molecule has 132 valence electrons. The molecule has 1 atom stereocenters. The first-order valence-corrected chi connectivity index (χ1v) is 8.27. The summed E-state index contributed by atoms with van der Waals surface area (Å²) < 4.78 is 5.18. The molecule has 1 aromatic rings. The van der Waals surface area contributed by atoms with Gasteiger partial charge in [0.15, 0.2) is 0 Å². The number of carbonyl (C=O) groups is 3. The van der Waals surface area contributed by atoms with Crippen molar-refractivity contribution in [2.75, 3.05) is 6.54 Å². The van der Waals surface area contributed by atoms with Crippen molar-refractivity contribution < 1.29 is 19.1 Å². The van der Waals surface area contributed by atoms with Crippen molar-refractivity contribution >= 4 is 17.8 Å². The van der Waals surface area contributed by atoms with Crippen LogP contribution in [0.1, 0.15) is 45.1 Å². The van der Waals surface area contributed by atoms with Gasteiger partial charge in [-0.2, -0.15) is 0 Å². The second kappa shape index (κ2) is 11.2. The van der Waals surface area contributed by atoms with Crippen LogP contribution in [0, 0.1) is 0 Å². The SMILES string of the molecule is CCCCNC(=O)[C@H](CCC(=O)OCc1ccccc1)NC(C)=O. The van der Waals surface area contributed by atoms with Crippen molar-refractivity contribution in [3.05, 3.63) is 35.9 Å². The van der Waals surface area contributed by atoms with Gasteiger partial charge in [0, 0.05) is 19.9 Å². The molecule has 0 bridgehead atoms. The quantitative estimate of drug-likeness (QED) is 0.506. The van der Waals surface area contributed by atoms with Gasteiger partial charge >= 0.3 is 5.97 Å². The third-order valence-corrected chi connectivity index (χ3v) is 3.40. The topological polar surface area (TPSA) is 84.5 Å². The molecule has 0 heterocycles. The normalized spacial score (nSPS) is 11.4. The summed E-state index contributed by atoms with van der Waals surface area (Å²) in [6.07, 6.45) is 2.12. The Bertz CT molecular complexity index is 531. The number of rotatable bonds is 10. The number of nitrogens with one attached hydrogen (secondary N) is 2. The average Bonchev–Trinajstić information content (AvgIpc) is 2.57. The van der Waals surface area contributed by atoms with Crippen LogP contribution in [0.3, 0.4) is 0 Å². The number of carbonyl (C=O) groups excluding carboxylic acids is 3. The highest BCUT2D eigenvalue weighted by atomic mass is 16.5. The van der Waals surface area contributed by atoms with Gasteiger partial charge in [0.05, 0.1) is 0 Å².